The number of nitriles is 1. The number of rotatable bonds is 1. The summed E-state index contributed by atoms with van der Waals surface area (Å²) in [5.74, 6) is 0.507. The van der Waals surface area contributed by atoms with E-state index in [0.717, 1.165) is 5.39 Å². The van der Waals surface area contributed by atoms with Crippen molar-refractivity contribution in [3.05, 3.63) is 35.6 Å². The Balaban J connectivity index is 2.62. The number of hydrogen-bond acceptors (Lipinski definition) is 3. The van der Waals surface area contributed by atoms with E-state index in [-0.39, 0.29) is 0 Å². The van der Waals surface area contributed by atoms with Crippen LogP contribution in [0.3, 0.4) is 0 Å². The molecule has 0 aliphatic carbocycles. The molecule has 2 aromatic rings. The molecule has 0 aliphatic rings. The van der Waals surface area contributed by atoms with Gasteiger partial charge in [0.1, 0.15) is 16.9 Å². The van der Waals surface area contributed by atoms with Crippen molar-refractivity contribution in [2.45, 2.75) is 19.4 Å². The lowest BCUT2D eigenvalue weighted by Gasteiger charge is -2.12. The lowest BCUT2D eigenvalue weighted by Crippen LogP contribution is -2.13. The van der Waals surface area contributed by atoms with Crippen molar-refractivity contribution in [1.29, 1.82) is 5.26 Å². The lowest BCUT2D eigenvalue weighted by molar-refractivity contribution is 0.0559. The summed E-state index contributed by atoms with van der Waals surface area (Å²) >= 11 is 0. The maximum absolute atomic E-state index is 9.76. The Morgan fingerprint density at radius 3 is 2.67 bits per heavy atom. The van der Waals surface area contributed by atoms with Gasteiger partial charge in [-0.2, -0.15) is 5.26 Å². The Morgan fingerprint density at radius 2 is 2.07 bits per heavy atom. The van der Waals surface area contributed by atoms with Crippen LogP contribution in [0.15, 0.2) is 28.7 Å². The fourth-order valence-corrected chi connectivity index (χ4v) is 1.41. The molecule has 3 heteroatoms. The first-order valence-corrected chi connectivity index (χ1v) is 4.67. The summed E-state index contributed by atoms with van der Waals surface area (Å²) < 4.78 is 5.47. The predicted octanol–water partition coefficient (Wildman–Crippen LogP) is 2.53. The summed E-state index contributed by atoms with van der Waals surface area (Å²) in [6, 6.07) is 9.00. The van der Waals surface area contributed by atoms with Crippen molar-refractivity contribution in [2.24, 2.45) is 0 Å². The van der Waals surface area contributed by atoms with Gasteiger partial charge in [-0.15, -0.1) is 0 Å². The quantitative estimate of drug-likeness (QED) is 0.771. The third-order valence-corrected chi connectivity index (χ3v) is 2.25. The van der Waals surface area contributed by atoms with E-state index in [4.69, 9.17) is 9.68 Å². The minimum atomic E-state index is -0.994. The first-order chi connectivity index (χ1) is 7.00. The number of benzene rings is 1. The molecular weight excluding hydrogens is 190 g/mol. The van der Waals surface area contributed by atoms with E-state index in [9.17, 15) is 5.11 Å². The Morgan fingerprint density at radius 1 is 1.33 bits per heavy atom. The Hall–Kier alpha value is -1.79. The molecule has 1 heterocycles. The molecule has 0 unspecified atom stereocenters. The van der Waals surface area contributed by atoms with Gasteiger partial charge in [0.2, 0.25) is 0 Å². The fourth-order valence-electron chi connectivity index (χ4n) is 1.41. The summed E-state index contributed by atoms with van der Waals surface area (Å²) in [5, 5.41) is 19.3. The van der Waals surface area contributed by atoms with Crippen molar-refractivity contribution < 1.29 is 9.52 Å². The number of nitrogens with zero attached hydrogens (tertiary/aromatic N) is 1. The van der Waals surface area contributed by atoms with E-state index in [1.165, 1.54) is 0 Å². The zero-order chi connectivity index (χ0) is 11.1. The van der Waals surface area contributed by atoms with Gasteiger partial charge in [0, 0.05) is 5.39 Å². The molecule has 0 saturated carbocycles. The lowest BCUT2D eigenvalue weighted by atomic mass is 10.1. The number of furan rings is 1. The number of hydrogen-bond donors (Lipinski definition) is 1. The highest BCUT2D eigenvalue weighted by Gasteiger charge is 2.20. The molecule has 3 nitrogen and oxygen atoms in total. The topological polar surface area (TPSA) is 57.2 Å². The van der Waals surface area contributed by atoms with Crippen LogP contribution in [0.5, 0.6) is 0 Å². The van der Waals surface area contributed by atoms with Crippen LogP contribution < -0.4 is 0 Å². The normalized spacial score (nSPS) is 11.6. The van der Waals surface area contributed by atoms with Gasteiger partial charge in [0.15, 0.2) is 0 Å². The first kappa shape index (κ1) is 9.75. The maximum atomic E-state index is 9.76. The largest absolute Gasteiger partial charge is 0.458 e. The molecular formula is C12H11NO2. The van der Waals surface area contributed by atoms with Crippen LogP contribution in [-0.2, 0) is 5.60 Å². The molecule has 2 rings (SSSR count). The van der Waals surface area contributed by atoms with Crippen molar-refractivity contribution in [2.75, 3.05) is 0 Å². The summed E-state index contributed by atoms with van der Waals surface area (Å²) in [7, 11) is 0. The number of aliphatic hydroxyl groups is 1. The second-order valence-electron chi connectivity index (χ2n) is 4.03. The third-order valence-electron chi connectivity index (χ3n) is 2.25. The third kappa shape index (κ3) is 1.72. The van der Waals surface area contributed by atoms with E-state index in [2.05, 4.69) is 6.07 Å². The molecule has 0 spiro atoms. The van der Waals surface area contributed by atoms with Crippen LogP contribution in [0, 0.1) is 11.3 Å². The molecule has 76 valence electrons. The van der Waals surface area contributed by atoms with E-state index in [0.29, 0.717) is 16.9 Å². The van der Waals surface area contributed by atoms with Gasteiger partial charge in [-0.3, -0.25) is 0 Å². The average Bonchev–Trinajstić information content (AvgIpc) is 2.59. The van der Waals surface area contributed by atoms with Crippen molar-refractivity contribution in [3.63, 3.8) is 0 Å². The molecule has 0 aliphatic heterocycles. The summed E-state index contributed by atoms with van der Waals surface area (Å²) in [6.07, 6.45) is 0. The van der Waals surface area contributed by atoms with Gasteiger partial charge < -0.3 is 9.52 Å². The van der Waals surface area contributed by atoms with Gasteiger partial charge in [-0.1, -0.05) is 0 Å². The van der Waals surface area contributed by atoms with Crippen LogP contribution in [-0.4, -0.2) is 5.11 Å². The molecule has 1 aromatic carbocycles. The smallest absolute Gasteiger partial charge is 0.136 e. The molecule has 0 fully saturated rings. The fraction of sp³-hybridized carbons (Fsp3) is 0.250. The zero-order valence-electron chi connectivity index (χ0n) is 8.61. The van der Waals surface area contributed by atoms with Gasteiger partial charge in [-0.05, 0) is 38.1 Å². The summed E-state index contributed by atoms with van der Waals surface area (Å²) in [5.41, 5.74) is 0.281. The van der Waals surface area contributed by atoms with Crippen molar-refractivity contribution in [3.8, 4) is 6.07 Å². The molecule has 0 saturated heterocycles. The zero-order valence-corrected chi connectivity index (χ0v) is 8.61. The minimum absolute atomic E-state index is 0.507. The molecule has 0 bridgehead atoms. The molecule has 1 N–H and O–H groups in total. The second-order valence-corrected chi connectivity index (χ2v) is 4.03. The van der Waals surface area contributed by atoms with Crippen LogP contribution in [0.4, 0.5) is 0 Å². The first-order valence-electron chi connectivity index (χ1n) is 4.67. The monoisotopic (exact) mass is 201 g/mol. The highest BCUT2D eigenvalue weighted by atomic mass is 16.4. The second kappa shape index (κ2) is 3.11. The standard InChI is InChI=1S/C12H11NO2/c1-12(2,14)11-6-9-5-8(7-13)3-4-10(9)15-11/h3-6,14H,1-2H3. The average molecular weight is 201 g/mol. The molecule has 0 atom stereocenters. The van der Waals surface area contributed by atoms with Crippen LogP contribution in [0.2, 0.25) is 0 Å². The van der Waals surface area contributed by atoms with E-state index in [1.807, 2.05) is 0 Å². The molecule has 1 aromatic heterocycles. The van der Waals surface area contributed by atoms with E-state index >= 15 is 0 Å². The Bertz CT molecular complexity index is 541. The Labute approximate surface area is 87.6 Å². The molecule has 0 radical (unpaired) electrons. The van der Waals surface area contributed by atoms with Gasteiger partial charge in [0.05, 0.1) is 11.6 Å². The van der Waals surface area contributed by atoms with Crippen LogP contribution >= 0.6 is 0 Å². The highest BCUT2D eigenvalue weighted by Crippen LogP contribution is 2.27. The highest BCUT2D eigenvalue weighted by molar-refractivity contribution is 5.79. The van der Waals surface area contributed by atoms with Crippen LogP contribution in [0.25, 0.3) is 11.0 Å². The minimum Gasteiger partial charge on any atom is -0.458 e. The van der Waals surface area contributed by atoms with Gasteiger partial charge >= 0.3 is 0 Å². The molecule has 15 heavy (non-hydrogen) atoms. The predicted molar refractivity (Wildman–Crippen MR) is 56.2 cm³/mol. The SMILES string of the molecule is CC(C)(O)c1cc2cc(C#N)ccc2o1. The number of fused-ring (bicyclic) bond motifs is 1. The van der Waals surface area contributed by atoms with E-state index < -0.39 is 5.60 Å². The van der Waals surface area contributed by atoms with Crippen molar-refractivity contribution in [1.82, 2.24) is 0 Å². The Kier molecular flexibility index (Phi) is 2.02. The van der Waals surface area contributed by atoms with E-state index in [1.54, 1.807) is 38.1 Å². The van der Waals surface area contributed by atoms with Crippen molar-refractivity contribution >= 4 is 11.0 Å². The molecule has 0 amide bonds. The summed E-state index contributed by atoms with van der Waals surface area (Å²) in [4.78, 5) is 0. The van der Waals surface area contributed by atoms with Gasteiger partial charge in [0.25, 0.3) is 0 Å². The maximum Gasteiger partial charge on any atom is 0.136 e. The van der Waals surface area contributed by atoms with Gasteiger partial charge in [-0.25, -0.2) is 0 Å². The van der Waals surface area contributed by atoms with Crippen LogP contribution in [0.1, 0.15) is 25.2 Å². The summed E-state index contributed by atoms with van der Waals surface area (Å²) in [6.45, 7) is 3.33.